The quantitative estimate of drug-likeness (QED) is 0.525. The first kappa shape index (κ1) is 12.6. The minimum absolute atomic E-state index is 0.0933. The van der Waals surface area contributed by atoms with Crippen molar-refractivity contribution >= 4 is 22.3 Å². The van der Waals surface area contributed by atoms with Crippen LogP contribution < -0.4 is 5.32 Å². The molecule has 0 bridgehead atoms. The SMILES string of the molecule is Cc1cc(NC2CC=CC2)c2cc([N+](=O)[O-])ccc2n1. The molecule has 0 atom stereocenters. The second-order valence-corrected chi connectivity index (χ2v) is 5.05. The highest BCUT2D eigenvalue weighted by Crippen LogP contribution is 2.29. The summed E-state index contributed by atoms with van der Waals surface area (Å²) in [4.78, 5) is 15.0. The Kier molecular flexibility index (Phi) is 3.10. The van der Waals surface area contributed by atoms with E-state index >= 15 is 0 Å². The summed E-state index contributed by atoms with van der Waals surface area (Å²) in [6.45, 7) is 1.93. The number of nitrogens with one attached hydrogen (secondary N) is 1. The second kappa shape index (κ2) is 4.92. The summed E-state index contributed by atoms with van der Waals surface area (Å²) >= 11 is 0. The van der Waals surface area contributed by atoms with Crippen LogP contribution in [0.15, 0.2) is 36.4 Å². The lowest BCUT2D eigenvalue weighted by Crippen LogP contribution is -2.15. The number of hydrogen-bond acceptors (Lipinski definition) is 4. The van der Waals surface area contributed by atoms with E-state index in [-0.39, 0.29) is 10.6 Å². The summed E-state index contributed by atoms with van der Waals surface area (Å²) < 4.78 is 0. The molecule has 0 aliphatic heterocycles. The maximum atomic E-state index is 10.9. The number of anilines is 1. The average Bonchev–Trinajstić information content (AvgIpc) is 2.91. The van der Waals surface area contributed by atoms with Crippen LogP contribution >= 0.6 is 0 Å². The second-order valence-electron chi connectivity index (χ2n) is 5.05. The zero-order chi connectivity index (χ0) is 14.1. The van der Waals surface area contributed by atoms with Gasteiger partial charge in [-0.2, -0.15) is 0 Å². The Labute approximate surface area is 116 Å². The number of nitrogens with zero attached hydrogens (tertiary/aromatic N) is 2. The first-order chi connectivity index (χ1) is 9.63. The van der Waals surface area contributed by atoms with E-state index in [1.807, 2.05) is 13.0 Å². The predicted molar refractivity (Wildman–Crippen MR) is 78.9 cm³/mol. The molecule has 5 heteroatoms. The van der Waals surface area contributed by atoms with E-state index < -0.39 is 0 Å². The van der Waals surface area contributed by atoms with Crippen molar-refractivity contribution in [1.82, 2.24) is 4.98 Å². The standard InChI is InChI=1S/C15H15N3O2/c1-10-8-15(17-11-4-2-3-5-11)13-9-12(18(19)20)6-7-14(13)16-10/h2-3,6-9,11H,4-5H2,1H3,(H,16,17). The smallest absolute Gasteiger partial charge is 0.270 e. The van der Waals surface area contributed by atoms with Gasteiger partial charge in [0.2, 0.25) is 0 Å². The fourth-order valence-corrected chi connectivity index (χ4v) is 2.53. The maximum absolute atomic E-state index is 10.9. The van der Waals surface area contributed by atoms with Crippen molar-refractivity contribution in [1.29, 1.82) is 0 Å². The predicted octanol–water partition coefficient (Wildman–Crippen LogP) is 3.58. The molecular weight excluding hydrogens is 254 g/mol. The molecule has 0 saturated carbocycles. The number of nitro groups is 1. The van der Waals surface area contributed by atoms with Gasteiger partial charge in [0.05, 0.1) is 10.4 Å². The zero-order valence-electron chi connectivity index (χ0n) is 11.2. The molecule has 0 radical (unpaired) electrons. The normalized spacial score (nSPS) is 14.8. The number of aromatic nitrogens is 1. The lowest BCUT2D eigenvalue weighted by Gasteiger charge is -2.16. The third-order valence-electron chi connectivity index (χ3n) is 3.50. The van der Waals surface area contributed by atoms with Crippen LogP contribution in [0.5, 0.6) is 0 Å². The molecule has 5 nitrogen and oxygen atoms in total. The average molecular weight is 269 g/mol. The third-order valence-corrected chi connectivity index (χ3v) is 3.50. The molecule has 2 aromatic rings. The van der Waals surface area contributed by atoms with Crippen LogP contribution in [0.2, 0.25) is 0 Å². The van der Waals surface area contributed by atoms with Gasteiger partial charge in [0.15, 0.2) is 0 Å². The van der Waals surface area contributed by atoms with Crippen LogP contribution in [0, 0.1) is 17.0 Å². The van der Waals surface area contributed by atoms with E-state index in [0.717, 1.165) is 35.1 Å². The zero-order valence-corrected chi connectivity index (χ0v) is 11.2. The van der Waals surface area contributed by atoms with Gasteiger partial charge in [-0.1, -0.05) is 12.2 Å². The van der Waals surface area contributed by atoms with E-state index in [1.165, 1.54) is 6.07 Å². The Morgan fingerprint density at radius 1 is 1.30 bits per heavy atom. The Bertz CT molecular complexity index is 702. The number of hydrogen-bond donors (Lipinski definition) is 1. The highest BCUT2D eigenvalue weighted by Gasteiger charge is 2.14. The molecule has 20 heavy (non-hydrogen) atoms. The van der Waals surface area contributed by atoms with Crippen LogP contribution in [-0.2, 0) is 0 Å². The van der Waals surface area contributed by atoms with Gasteiger partial charge in [-0.3, -0.25) is 15.1 Å². The molecule has 1 aliphatic rings. The van der Waals surface area contributed by atoms with Crippen LogP contribution in [0.4, 0.5) is 11.4 Å². The van der Waals surface area contributed by atoms with Gasteiger partial charge >= 0.3 is 0 Å². The Morgan fingerprint density at radius 3 is 2.75 bits per heavy atom. The van der Waals surface area contributed by atoms with E-state index in [4.69, 9.17) is 0 Å². The lowest BCUT2D eigenvalue weighted by molar-refractivity contribution is -0.384. The first-order valence-electron chi connectivity index (χ1n) is 6.61. The Hall–Kier alpha value is -2.43. The largest absolute Gasteiger partial charge is 0.381 e. The fraction of sp³-hybridized carbons (Fsp3) is 0.267. The molecule has 1 aromatic carbocycles. The number of non-ortho nitro benzene ring substituents is 1. The van der Waals surface area contributed by atoms with Crippen molar-refractivity contribution < 1.29 is 4.92 Å². The van der Waals surface area contributed by atoms with E-state index in [1.54, 1.807) is 12.1 Å². The summed E-state index contributed by atoms with van der Waals surface area (Å²) in [5, 5.41) is 15.2. The number of fused-ring (bicyclic) bond motifs is 1. The molecule has 0 unspecified atom stereocenters. The van der Waals surface area contributed by atoms with Gasteiger partial charge in [0, 0.05) is 34.9 Å². The summed E-state index contributed by atoms with van der Waals surface area (Å²) in [5.41, 5.74) is 2.70. The molecule has 0 fully saturated rings. The van der Waals surface area contributed by atoms with Crippen molar-refractivity contribution in [3.8, 4) is 0 Å². The number of pyridine rings is 1. The minimum atomic E-state index is -0.375. The Balaban J connectivity index is 2.07. The van der Waals surface area contributed by atoms with E-state index in [9.17, 15) is 10.1 Å². The summed E-state index contributed by atoms with van der Waals surface area (Å²) in [7, 11) is 0. The van der Waals surface area contributed by atoms with Crippen molar-refractivity contribution in [3.05, 3.63) is 52.2 Å². The topological polar surface area (TPSA) is 68.1 Å². The molecule has 0 amide bonds. The number of rotatable bonds is 3. The van der Waals surface area contributed by atoms with Gasteiger partial charge in [0.25, 0.3) is 5.69 Å². The van der Waals surface area contributed by atoms with Gasteiger partial charge in [0.1, 0.15) is 0 Å². The highest BCUT2D eigenvalue weighted by molar-refractivity contribution is 5.93. The fourth-order valence-electron chi connectivity index (χ4n) is 2.53. The molecule has 0 saturated heterocycles. The molecule has 102 valence electrons. The molecule has 1 heterocycles. The van der Waals surface area contributed by atoms with E-state index in [0.29, 0.717) is 6.04 Å². The van der Waals surface area contributed by atoms with Gasteiger partial charge < -0.3 is 5.32 Å². The summed E-state index contributed by atoms with van der Waals surface area (Å²) in [5.74, 6) is 0. The number of benzene rings is 1. The lowest BCUT2D eigenvalue weighted by atomic mass is 10.1. The van der Waals surface area contributed by atoms with Crippen molar-refractivity contribution in [3.63, 3.8) is 0 Å². The molecule has 0 spiro atoms. The van der Waals surface area contributed by atoms with Crippen LogP contribution in [0.1, 0.15) is 18.5 Å². The minimum Gasteiger partial charge on any atom is -0.381 e. The van der Waals surface area contributed by atoms with Crippen molar-refractivity contribution in [2.45, 2.75) is 25.8 Å². The van der Waals surface area contributed by atoms with Gasteiger partial charge in [-0.15, -0.1) is 0 Å². The summed E-state index contributed by atoms with van der Waals surface area (Å²) in [6, 6.07) is 7.10. The first-order valence-corrected chi connectivity index (χ1v) is 6.61. The monoisotopic (exact) mass is 269 g/mol. The summed E-state index contributed by atoms with van der Waals surface area (Å²) in [6.07, 6.45) is 6.27. The van der Waals surface area contributed by atoms with Gasteiger partial charge in [-0.25, -0.2) is 0 Å². The van der Waals surface area contributed by atoms with Crippen LogP contribution in [-0.4, -0.2) is 15.9 Å². The molecule has 1 aromatic heterocycles. The number of nitro benzene ring substituents is 1. The van der Waals surface area contributed by atoms with Crippen LogP contribution in [0.3, 0.4) is 0 Å². The van der Waals surface area contributed by atoms with Crippen molar-refractivity contribution in [2.75, 3.05) is 5.32 Å². The van der Waals surface area contributed by atoms with Gasteiger partial charge in [-0.05, 0) is 31.9 Å². The van der Waals surface area contributed by atoms with Crippen molar-refractivity contribution in [2.24, 2.45) is 0 Å². The molecular formula is C15H15N3O2. The highest BCUT2D eigenvalue weighted by atomic mass is 16.6. The third kappa shape index (κ3) is 2.34. The Morgan fingerprint density at radius 2 is 2.05 bits per heavy atom. The molecule has 1 N–H and O–H groups in total. The molecule has 3 rings (SSSR count). The van der Waals surface area contributed by atoms with E-state index in [2.05, 4.69) is 22.5 Å². The molecule has 1 aliphatic carbocycles. The number of aryl methyl sites for hydroxylation is 1. The maximum Gasteiger partial charge on any atom is 0.270 e. The van der Waals surface area contributed by atoms with Crippen LogP contribution in [0.25, 0.3) is 10.9 Å².